The van der Waals surface area contributed by atoms with Crippen molar-refractivity contribution in [2.75, 3.05) is 13.1 Å². The molecule has 1 aromatic carbocycles. The third kappa shape index (κ3) is 6.43. The standard InChI is InChI=1S/C15H20F3N/c1-2-10-19-11-5-3-4-7-13-8-6-9-14(12-13)15(16,17)18/h3-4,6,8-9,12,19H,2,5,7,10-11H2,1H3. The molecule has 106 valence electrons. The third-order valence-corrected chi connectivity index (χ3v) is 2.69. The van der Waals surface area contributed by atoms with Crippen molar-refractivity contribution in [2.45, 2.75) is 32.4 Å². The molecule has 0 amide bonds. The van der Waals surface area contributed by atoms with Gasteiger partial charge >= 0.3 is 6.18 Å². The highest BCUT2D eigenvalue weighted by Gasteiger charge is 2.30. The van der Waals surface area contributed by atoms with Crippen molar-refractivity contribution in [3.05, 3.63) is 47.5 Å². The van der Waals surface area contributed by atoms with Gasteiger partial charge in [-0.2, -0.15) is 13.2 Å². The average Bonchev–Trinajstić information content (AvgIpc) is 2.37. The van der Waals surface area contributed by atoms with Crippen molar-refractivity contribution in [3.8, 4) is 0 Å². The van der Waals surface area contributed by atoms with Crippen molar-refractivity contribution in [1.82, 2.24) is 5.32 Å². The van der Waals surface area contributed by atoms with Gasteiger partial charge in [-0.05, 0) is 44.0 Å². The maximum absolute atomic E-state index is 12.5. The number of hydrogen-bond donors (Lipinski definition) is 1. The SMILES string of the molecule is CCCNCCC=CCc1cccc(C(F)(F)F)c1. The molecule has 0 unspecified atom stereocenters. The zero-order valence-corrected chi connectivity index (χ0v) is 11.1. The van der Waals surface area contributed by atoms with Crippen LogP contribution in [0.4, 0.5) is 13.2 Å². The Morgan fingerprint density at radius 3 is 2.63 bits per heavy atom. The number of halogens is 3. The van der Waals surface area contributed by atoms with E-state index in [9.17, 15) is 13.2 Å². The number of rotatable bonds is 7. The molecule has 1 N–H and O–H groups in total. The van der Waals surface area contributed by atoms with Crippen LogP contribution in [0.3, 0.4) is 0 Å². The van der Waals surface area contributed by atoms with Crippen LogP contribution in [0.1, 0.15) is 30.9 Å². The lowest BCUT2D eigenvalue weighted by molar-refractivity contribution is -0.137. The van der Waals surface area contributed by atoms with Gasteiger partial charge in [-0.15, -0.1) is 0 Å². The predicted octanol–water partition coefficient (Wildman–Crippen LogP) is 4.19. The van der Waals surface area contributed by atoms with Gasteiger partial charge in [0.1, 0.15) is 0 Å². The monoisotopic (exact) mass is 271 g/mol. The van der Waals surface area contributed by atoms with Gasteiger partial charge in [0, 0.05) is 0 Å². The number of benzene rings is 1. The molecule has 4 heteroatoms. The van der Waals surface area contributed by atoms with Crippen molar-refractivity contribution in [1.29, 1.82) is 0 Å². The number of allylic oxidation sites excluding steroid dienone is 1. The topological polar surface area (TPSA) is 12.0 Å². The Hall–Kier alpha value is -1.29. The maximum Gasteiger partial charge on any atom is 0.416 e. The van der Waals surface area contributed by atoms with Crippen molar-refractivity contribution >= 4 is 0 Å². The molecular weight excluding hydrogens is 251 g/mol. The minimum Gasteiger partial charge on any atom is -0.316 e. The van der Waals surface area contributed by atoms with E-state index in [1.54, 1.807) is 6.07 Å². The van der Waals surface area contributed by atoms with Crippen molar-refractivity contribution in [2.24, 2.45) is 0 Å². The number of hydrogen-bond acceptors (Lipinski definition) is 1. The molecule has 0 spiro atoms. The van der Waals surface area contributed by atoms with E-state index in [1.807, 2.05) is 12.2 Å². The van der Waals surface area contributed by atoms with E-state index < -0.39 is 11.7 Å². The molecule has 0 radical (unpaired) electrons. The summed E-state index contributed by atoms with van der Waals surface area (Å²) >= 11 is 0. The fourth-order valence-corrected chi connectivity index (χ4v) is 1.70. The van der Waals surface area contributed by atoms with Gasteiger partial charge in [-0.1, -0.05) is 37.3 Å². The molecule has 0 bridgehead atoms. The zero-order valence-electron chi connectivity index (χ0n) is 11.1. The van der Waals surface area contributed by atoms with Crippen molar-refractivity contribution in [3.63, 3.8) is 0 Å². The normalized spacial score (nSPS) is 12.2. The number of alkyl halides is 3. The molecule has 19 heavy (non-hydrogen) atoms. The Labute approximate surface area is 112 Å². The summed E-state index contributed by atoms with van der Waals surface area (Å²) in [6.07, 6.45) is 2.21. The van der Waals surface area contributed by atoms with E-state index in [-0.39, 0.29) is 0 Å². The Balaban J connectivity index is 2.39. The summed E-state index contributed by atoms with van der Waals surface area (Å²) < 4.78 is 37.5. The molecule has 0 aliphatic heterocycles. The molecule has 0 aliphatic rings. The van der Waals surface area contributed by atoms with E-state index in [0.717, 1.165) is 32.0 Å². The summed E-state index contributed by atoms with van der Waals surface area (Å²) in [6.45, 7) is 4.02. The molecule has 0 saturated carbocycles. The Bertz CT molecular complexity index is 397. The van der Waals surface area contributed by atoms with Crippen LogP contribution in [0.2, 0.25) is 0 Å². The highest BCUT2D eigenvalue weighted by molar-refractivity contribution is 5.27. The summed E-state index contributed by atoms with van der Waals surface area (Å²) in [5.74, 6) is 0. The van der Waals surface area contributed by atoms with Gasteiger partial charge in [0.25, 0.3) is 0 Å². The van der Waals surface area contributed by atoms with E-state index in [2.05, 4.69) is 12.2 Å². The van der Waals surface area contributed by atoms with Gasteiger partial charge < -0.3 is 5.32 Å². The fourth-order valence-electron chi connectivity index (χ4n) is 1.70. The molecule has 1 aromatic rings. The Morgan fingerprint density at radius 2 is 1.95 bits per heavy atom. The molecule has 0 atom stereocenters. The lowest BCUT2D eigenvalue weighted by atomic mass is 10.1. The molecule has 0 aromatic heterocycles. The lowest BCUT2D eigenvalue weighted by Gasteiger charge is -2.07. The van der Waals surface area contributed by atoms with Crippen LogP contribution in [0.5, 0.6) is 0 Å². The van der Waals surface area contributed by atoms with Crippen molar-refractivity contribution < 1.29 is 13.2 Å². The van der Waals surface area contributed by atoms with Crippen LogP contribution in [-0.2, 0) is 12.6 Å². The summed E-state index contributed by atoms with van der Waals surface area (Å²) in [5.41, 5.74) is 0.107. The quantitative estimate of drug-likeness (QED) is 0.579. The first kappa shape index (κ1) is 15.8. The van der Waals surface area contributed by atoms with E-state index in [0.29, 0.717) is 12.0 Å². The van der Waals surface area contributed by atoms with Gasteiger partial charge in [0.15, 0.2) is 0 Å². The highest BCUT2D eigenvalue weighted by Crippen LogP contribution is 2.29. The largest absolute Gasteiger partial charge is 0.416 e. The number of nitrogens with one attached hydrogen (secondary N) is 1. The molecule has 1 rings (SSSR count). The summed E-state index contributed by atoms with van der Waals surface area (Å²) in [5, 5.41) is 3.26. The Morgan fingerprint density at radius 1 is 1.16 bits per heavy atom. The minimum atomic E-state index is -4.26. The maximum atomic E-state index is 12.5. The zero-order chi connectivity index (χ0) is 14.1. The van der Waals surface area contributed by atoms with Crippen LogP contribution >= 0.6 is 0 Å². The predicted molar refractivity (Wildman–Crippen MR) is 72.1 cm³/mol. The third-order valence-electron chi connectivity index (χ3n) is 2.69. The van der Waals surface area contributed by atoms with Gasteiger partial charge in [-0.25, -0.2) is 0 Å². The molecule has 0 fully saturated rings. The van der Waals surface area contributed by atoms with E-state index >= 15 is 0 Å². The van der Waals surface area contributed by atoms with Crippen LogP contribution < -0.4 is 5.32 Å². The second kappa shape index (κ2) is 8.00. The molecule has 0 heterocycles. The Kier molecular flexibility index (Phi) is 6.64. The second-order valence-electron chi connectivity index (χ2n) is 4.41. The van der Waals surface area contributed by atoms with Crippen LogP contribution in [-0.4, -0.2) is 13.1 Å². The van der Waals surface area contributed by atoms with Gasteiger partial charge in [-0.3, -0.25) is 0 Å². The summed E-state index contributed by atoms with van der Waals surface area (Å²) in [4.78, 5) is 0. The average molecular weight is 271 g/mol. The van der Waals surface area contributed by atoms with Gasteiger partial charge in [0.2, 0.25) is 0 Å². The summed E-state index contributed by atoms with van der Waals surface area (Å²) in [6, 6.07) is 5.48. The molecule has 0 saturated heterocycles. The second-order valence-corrected chi connectivity index (χ2v) is 4.41. The first-order chi connectivity index (χ1) is 9.04. The smallest absolute Gasteiger partial charge is 0.316 e. The van der Waals surface area contributed by atoms with Crippen LogP contribution in [0.25, 0.3) is 0 Å². The lowest BCUT2D eigenvalue weighted by Crippen LogP contribution is -2.15. The van der Waals surface area contributed by atoms with E-state index in [4.69, 9.17) is 0 Å². The molecule has 1 nitrogen and oxygen atoms in total. The highest BCUT2D eigenvalue weighted by atomic mass is 19.4. The summed E-state index contributed by atoms with van der Waals surface area (Å²) in [7, 11) is 0. The van der Waals surface area contributed by atoms with E-state index in [1.165, 1.54) is 12.1 Å². The molecular formula is C15H20F3N. The van der Waals surface area contributed by atoms with Crippen LogP contribution in [0, 0.1) is 0 Å². The fraction of sp³-hybridized carbons (Fsp3) is 0.467. The first-order valence-corrected chi connectivity index (χ1v) is 6.56. The van der Waals surface area contributed by atoms with Gasteiger partial charge in [0.05, 0.1) is 5.56 Å². The van der Waals surface area contributed by atoms with Crippen LogP contribution in [0.15, 0.2) is 36.4 Å². The molecule has 0 aliphatic carbocycles. The minimum absolute atomic E-state index is 0.539. The first-order valence-electron chi connectivity index (χ1n) is 6.56.